The molecule has 0 spiro atoms. The van der Waals surface area contributed by atoms with Gasteiger partial charge < -0.3 is 24.3 Å². The number of methoxy groups -OCH3 is 1. The summed E-state index contributed by atoms with van der Waals surface area (Å²) in [5.41, 5.74) is 3.17. The Hall–Kier alpha value is -2.74. The molecule has 0 saturated carbocycles. The average Bonchev–Trinajstić information content (AvgIpc) is 3.41. The van der Waals surface area contributed by atoms with Crippen LogP contribution in [0.15, 0.2) is 42.6 Å². The standard InChI is InChI=1S/C23H27N3O4/c1-28-17-3-4-20-18(11-17)19(12-24-20)21(27)14-26-8-6-25(7-9-26)13-16-2-5-22-23(10-16)30-15-29-22/h2-5,10-12,21,24,27H,6-9,13-15H2,1H3/t21-/m0/s1. The lowest BCUT2D eigenvalue weighted by Crippen LogP contribution is -2.47. The molecular formula is C23H27N3O4. The molecule has 2 N–H and O–H groups in total. The minimum Gasteiger partial charge on any atom is -0.497 e. The third kappa shape index (κ3) is 3.84. The predicted molar refractivity (Wildman–Crippen MR) is 114 cm³/mol. The fraction of sp³-hybridized carbons (Fsp3) is 0.391. The molecule has 1 saturated heterocycles. The summed E-state index contributed by atoms with van der Waals surface area (Å²) in [4.78, 5) is 8.02. The highest BCUT2D eigenvalue weighted by Crippen LogP contribution is 2.33. The van der Waals surface area contributed by atoms with Gasteiger partial charge in [-0.3, -0.25) is 9.80 Å². The van der Waals surface area contributed by atoms with Crippen LogP contribution in [-0.4, -0.2) is 66.5 Å². The van der Waals surface area contributed by atoms with Gasteiger partial charge in [0.2, 0.25) is 6.79 Å². The van der Waals surface area contributed by atoms with Crippen LogP contribution in [0.4, 0.5) is 0 Å². The molecule has 0 bridgehead atoms. The van der Waals surface area contributed by atoms with Gasteiger partial charge in [0.25, 0.3) is 0 Å². The Balaban J connectivity index is 1.17. The molecule has 30 heavy (non-hydrogen) atoms. The van der Waals surface area contributed by atoms with Crippen molar-refractivity contribution < 1.29 is 19.3 Å². The minimum absolute atomic E-state index is 0.309. The van der Waals surface area contributed by atoms with Crippen molar-refractivity contribution >= 4 is 10.9 Å². The Morgan fingerprint density at radius 1 is 1.03 bits per heavy atom. The van der Waals surface area contributed by atoms with Crippen molar-refractivity contribution in [2.75, 3.05) is 46.6 Å². The van der Waals surface area contributed by atoms with Crippen LogP contribution in [0.2, 0.25) is 0 Å². The fourth-order valence-corrected chi connectivity index (χ4v) is 4.29. The third-order valence-corrected chi connectivity index (χ3v) is 6.02. The van der Waals surface area contributed by atoms with Crippen LogP contribution in [0, 0.1) is 0 Å². The Bertz CT molecular complexity index is 1030. The molecule has 2 aliphatic rings. The van der Waals surface area contributed by atoms with Crippen LogP contribution in [0.3, 0.4) is 0 Å². The van der Waals surface area contributed by atoms with Gasteiger partial charge in [-0.25, -0.2) is 0 Å². The van der Waals surface area contributed by atoms with E-state index in [4.69, 9.17) is 14.2 Å². The second-order valence-corrected chi connectivity index (χ2v) is 7.94. The molecule has 5 rings (SSSR count). The number of β-amino-alcohol motifs (C(OH)–C–C–N with tert-alkyl or cyclic N) is 1. The third-order valence-electron chi connectivity index (χ3n) is 6.02. The van der Waals surface area contributed by atoms with Gasteiger partial charge >= 0.3 is 0 Å². The normalized spacial score (nSPS) is 18.1. The minimum atomic E-state index is -0.536. The first-order valence-corrected chi connectivity index (χ1v) is 10.4. The monoisotopic (exact) mass is 409 g/mol. The summed E-state index contributed by atoms with van der Waals surface area (Å²) in [5.74, 6) is 2.46. The fourth-order valence-electron chi connectivity index (χ4n) is 4.29. The molecule has 3 heterocycles. The molecule has 0 unspecified atom stereocenters. The van der Waals surface area contributed by atoms with E-state index in [-0.39, 0.29) is 0 Å². The average molecular weight is 409 g/mol. The van der Waals surface area contributed by atoms with Gasteiger partial charge in [-0.2, -0.15) is 0 Å². The lowest BCUT2D eigenvalue weighted by molar-refractivity contribution is 0.0707. The first-order valence-electron chi connectivity index (χ1n) is 10.4. The molecule has 158 valence electrons. The number of benzene rings is 2. The van der Waals surface area contributed by atoms with Crippen LogP contribution < -0.4 is 14.2 Å². The van der Waals surface area contributed by atoms with E-state index in [0.717, 1.165) is 66.4 Å². The molecule has 0 amide bonds. The number of aliphatic hydroxyl groups is 1. The number of aromatic nitrogens is 1. The molecule has 0 radical (unpaired) electrons. The number of hydrogen-bond acceptors (Lipinski definition) is 6. The van der Waals surface area contributed by atoms with Gasteiger partial charge in [0.1, 0.15) is 5.75 Å². The topological polar surface area (TPSA) is 70.2 Å². The second-order valence-electron chi connectivity index (χ2n) is 7.94. The zero-order chi connectivity index (χ0) is 20.5. The van der Waals surface area contributed by atoms with Crippen LogP contribution >= 0.6 is 0 Å². The molecule has 1 aromatic heterocycles. The number of fused-ring (bicyclic) bond motifs is 2. The smallest absolute Gasteiger partial charge is 0.231 e. The van der Waals surface area contributed by atoms with Gasteiger partial charge in [-0.15, -0.1) is 0 Å². The number of nitrogens with zero attached hydrogens (tertiary/aromatic N) is 2. The molecular weight excluding hydrogens is 382 g/mol. The van der Waals surface area contributed by atoms with Gasteiger partial charge in [-0.05, 0) is 35.9 Å². The molecule has 7 heteroatoms. The maximum absolute atomic E-state index is 10.9. The van der Waals surface area contributed by atoms with E-state index >= 15 is 0 Å². The van der Waals surface area contributed by atoms with E-state index < -0.39 is 6.10 Å². The van der Waals surface area contributed by atoms with Crippen molar-refractivity contribution in [3.8, 4) is 17.2 Å². The second kappa shape index (κ2) is 8.18. The van der Waals surface area contributed by atoms with Crippen molar-refractivity contribution in [3.63, 3.8) is 0 Å². The number of nitrogens with one attached hydrogen (secondary N) is 1. The number of aliphatic hydroxyl groups excluding tert-OH is 1. The summed E-state index contributed by atoms with van der Waals surface area (Å²) < 4.78 is 16.2. The lowest BCUT2D eigenvalue weighted by atomic mass is 10.1. The molecule has 0 aliphatic carbocycles. The molecule has 1 atom stereocenters. The van der Waals surface area contributed by atoms with Crippen LogP contribution in [-0.2, 0) is 6.54 Å². The van der Waals surface area contributed by atoms with Crippen LogP contribution in [0.1, 0.15) is 17.2 Å². The first-order chi connectivity index (χ1) is 14.7. The van der Waals surface area contributed by atoms with Crippen molar-refractivity contribution in [3.05, 3.63) is 53.7 Å². The maximum atomic E-state index is 10.9. The molecule has 1 fully saturated rings. The summed E-state index contributed by atoms with van der Waals surface area (Å²) >= 11 is 0. The summed E-state index contributed by atoms with van der Waals surface area (Å²) in [6.07, 6.45) is 1.37. The highest BCUT2D eigenvalue weighted by Gasteiger charge is 2.22. The Morgan fingerprint density at radius 3 is 2.67 bits per heavy atom. The summed E-state index contributed by atoms with van der Waals surface area (Å²) in [7, 11) is 1.66. The summed E-state index contributed by atoms with van der Waals surface area (Å²) in [6, 6.07) is 12.1. The number of ether oxygens (including phenoxy) is 3. The number of H-pyrrole nitrogens is 1. The van der Waals surface area contributed by atoms with Crippen molar-refractivity contribution in [2.24, 2.45) is 0 Å². The van der Waals surface area contributed by atoms with Gasteiger partial charge in [0, 0.05) is 61.9 Å². The van der Waals surface area contributed by atoms with E-state index in [9.17, 15) is 5.11 Å². The van der Waals surface area contributed by atoms with E-state index in [1.165, 1.54) is 5.56 Å². The number of rotatable bonds is 6. The summed E-state index contributed by atoms with van der Waals surface area (Å²) in [5, 5.41) is 11.9. The highest BCUT2D eigenvalue weighted by molar-refractivity contribution is 5.85. The van der Waals surface area contributed by atoms with Gasteiger partial charge in [-0.1, -0.05) is 6.07 Å². The van der Waals surface area contributed by atoms with Crippen molar-refractivity contribution in [2.45, 2.75) is 12.6 Å². The highest BCUT2D eigenvalue weighted by atomic mass is 16.7. The van der Waals surface area contributed by atoms with E-state index in [2.05, 4.69) is 26.9 Å². The summed E-state index contributed by atoms with van der Waals surface area (Å²) in [6.45, 7) is 5.66. The molecule has 3 aromatic rings. The van der Waals surface area contributed by atoms with E-state index in [1.54, 1.807) is 7.11 Å². The Morgan fingerprint density at radius 2 is 1.83 bits per heavy atom. The SMILES string of the molecule is COc1ccc2[nH]cc([C@@H](O)CN3CCN(Cc4ccc5c(c4)OCO5)CC3)c2c1. The number of hydrogen-bond donors (Lipinski definition) is 2. The largest absolute Gasteiger partial charge is 0.497 e. The Labute approximate surface area is 175 Å². The van der Waals surface area contributed by atoms with Crippen molar-refractivity contribution in [1.29, 1.82) is 0 Å². The molecule has 2 aliphatic heterocycles. The van der Waals surface area contributed by atoms with Crippen LogP contribution in [0.5, 0.6) is 17.2 Å². The quantitative estimate of drug-likeness (QED) is 0.653. The van der Waals surface area contributed by atoms with E-state index in [1.807, 2.05) is 30.5 Å². The predicted octanol–water partition coefficient (Wildman–Crippen LogP) is 2.76. The first kappa shape index (κ1) is 19.2. The zero-order valence-electron chi connectivity index (χ0n) is 17.1. The van der Waals surface area contributed by atoms with Gasteiger partial charge in [0.15, 0.2) is 11.5 Å². The lowest BCUT2D eigenvalue weighted by Gasteiger charge is -2.35. The van der Waals surface area contributed by atoms with E-state index in [0.29, 0.717) is 13.3 Å². The number of piperazine rings is 1. The van der Waals surface area contributed by atoms with Gasteiger partial charge in [0.05, 0.1) is 13.2 Å². The molecule has 7 nitrogen and oxygen atoms in total. The number of aromatic amines is 1. The Kier molecular flexibility index (Phi) is 5.25. The maximum Gasteiger partial charge on any atom is 0.231 e. The van der Waals surface area contributed by atoms with Crippen LogP contribution in [0.25, 0.3) is 10.9 Å². The molecule has 2 aromatic carbocycles. The van der Waals surface area contributed by atoms with Crippen molar-refractivity contribution in [1.82, 2.24) is 14.8 Å². The zero-order valence-corrected chi connectivity index (χ0v) is 17.1.